The number of likely N-dealkylation sites (N-methyl/N-ethyl adjacent to an activating group) is 1. The quantitative estimate of drug-likeness (QED) is 0.454. The van der Waals surface area contributed by atoms with E-state index in [1.54, 1.807) is 6.07 Å². The Labute approximate surface area is 117 Å². The van der Waals surface area contributed by atoms with E-state index in [0.717, 1.165) is 31.7 Å². The van der Waals surface area contributed by atoms with Gasteiger partial charge in [0.15, 0.2) is 6.29 Å². The number of hydrogen-bond donors (Lipinski definition) is 0. The molecule has 6 heteroatoms. The van der Waals surface area contributed by atoms with E-state index in [1.807, 2.05) is 11.8 Å². The number of nitro groups is 1. The summed E-state index contributed by atoms with van der Waals surface area (Å²) in [6.45, 7) is 4.20. The summed E-state index contributed by atoms with van der Waals surface area (Å²) < 4.78 is 5.60. The van der Waals surface area contributed by atoms with Crippen LogP contribution in [0.3, 0.4) is 0 Å². The second-order valence-electron chi connectivity index (χ2n) is 4.79. The number of non-ortho nitro benzene ring substituents is 1. The number of benzene rings is 1. The first kappa shape index (κ1) is 14.5. The maximum atomic E-state index is 11.2. The molecule has 0 bridgehead atoms. The lowest BCUT2D eigenvalue weighted by Gasteiger charge is -2.27. The van der Waals surface area contributed by atoms with Crippen molar-refractivity contribution in [2.45, 2.75) is 25.9 Å². The molecule has 6 nitrogen and oxygen atoms in total. The lowest BCUT2D eigenvalue weighted by atomic mass is 10.1. The summed E-state index contributed by atoms with van der Waals surface area (Å²) in [6.07, 6.45) is 2.91. The highest BCUT2D eigenvalue weighted by atomic mass is 16.6. The number of anilines is 1. The molecule has 1 atom stereocenters. The number of nitro benzene ring substituents is 1. The van der Waals surface area contributed by atoms with Gasteiger partial charge in [0.25, 0.3) is 5.69 Å². The van der Waals surface area contributed by atoms with Crippen molar-refractivity contribution in [2.75, 3.05) is 24.6 Å². The van der Waals surface area contributed by atoms with E-state index < -0.39 is 4.92 Å². The van der Waals surface area contributed by atoms with Crippen LogP contribution in [-0.2, 0) is 4.74 Å². The van der Waals surface area contributed by atoms with Crippen LogP contribution in [0.2, 0.25) is 0 Å². The second-order valence-corrected chi connectivity index (χ2v) is 4.79. The van der Waals surface area contributed by atoms with Crippen molar-refractivity contribution in [3.8, 4) is 0 Å². The van der Waals surface area contributed by atoms with Crippen molar-refractivity contribution in [1.82, 2.24) is 0 Å². The van der Waals surface area contributed by atoms with E-state index in [0.29, 0.717) is 18.4 Å². The number of carbonyl (C=O) groups excluding carboxylic acids is 1. The molecule has 1 unspecified atom stereocenters. The number of ether oxygens (including phenoxy) is 1. The van der Waals surface area contributed by atoms with Crippen LogP contribution >= 0.6 is 0 Å². The summed E-state index contributed by atoms with van der Waals surface area (Å²) >= 11 is 0. The highest BCUT2D eigenvalue weighted by molar-refractivity contribution is 5.86. The molecule has 1 fully saturated rings. The van der Waals surface area contributed by atoms with E-state index in [-0.39, 0.29) is 11.8 Å². The minimum absolute atomic E-state index is 0.0657. The number of aldehydes is 1. The van der Waals surface area contributed by atoms with Crippen molar-refractivity contribution in [1.29, 1.82) is 0 Å². The molecular weight excluding hydrogens is 260 g/mol. The van der Waals surface area contributed by atoms with Crippen LogP contribution in [0.15, 0.2) is 18.2 Å². The van der Waals surface area contributed by atoms with Gasteiger partial charge in [-0.25, -0.2) is 0 Å². The van der Waals surface area contributed by atoms with Crippen molar-refractivity contribution >= 4 is 17.7 Å². The molecular formula is C14H18N2O4. The summed E-state index contributed by atoms with van der Waals surface area (Å²) in [5, 5.41) is 10.8. The Morgan fingerprint density at radius 3 is 2.90 bits per heavy atom. The smallest absolute Gasteiger partial charge is 0.270 e. The van der Waals surface area contributed by atoms with Gasteiger partial charge in [0.05, 0.1) is 11.0 Å². The summed E-state index contributed by atoms with van der Waals surface area (Å²) in [4.78, 5) is 23.5. The molecule has 1 aliphatic heterocycles. The van der Waals surface area contributed by atoms with Crippen LogP contribution in [0.5, 0.6) is 0 Å². The first-order valence-corrected chi connectivity index (χ1v) is 6.76. The molecule has 0 amide bonds. The molecule has 0 spiro atoms. The summed E-state index contributed by atoms with van der Waals surface area (Å²) in [6, 6.07) is 4.39. The van der Waals surface area contributed by atoms with Crippen LogP contribution in [0, 0.1) is 10.1 Å². The number of carbonyl (C=O) groups is 1. The van der Waals surface area contributed by atoms with Gasteiger partial charge in [0, 0.05) is 43.1 Å². The number of nitrogens with zero attached hydrogens (tertiary/aromatic N) is 2. The van der Waals surface area contributed by atoms with Gasteiger partial charge in [-0.3, -0.25) is 14.9 Å². The summed E-state index contributed by atoms with van der Waals surface area (Å²) in [7, 11) is 0. The molecule has 2 rings (SSSR count). The van der Waals surface area contributed by atoms with Crippen LogP contribution < -0.4 is 4.90 Å². The molecule has 0 aromatic heterocycles. The average molecular weight is 278 g/mol. The largest absolute Gasteiger partial charge is 0.376 e. The van der Waals surface area contributed by atoms with E-state index >= 15 is 0 Å². The molecule has 1 heterocycles. The topological polar surface area (TPSA) is 72.7 Å². The minimum Gasteiger partial charge on any atom is -0.376 e. The lowest BCUT2D eigenvalue weighted by molar-refractivity contribution is -0.384. The van der Waals surface area contributed by atoms with Gasteiger partial charge in [-0.15, -0.1) is 0 Å². The maximum absolute atomic E-state index is 11.2. The summed E-state index contributed by atoms with van der Waals surface area (Å²) in [5.74, 6) is 0. The van der Waals surface area contributed by atoms with Crippen molar-refractivity contribution in [2.24, 2.45) is 0 Å². The molecule has 20 heavy (non-hydrogen) atoms. The van der Waals surface area contributed by atoms with Gasteiger partial charge in [-0.2, -0.15) is 0 Å². The molecule has 1 aromatic rings. The molecule has 0 N–H and O–H groups in total. The van der Waals surface area contributed by atoms with Gasteiger partial charge < -0.3 is 9.64 Å². The van der Waals surface area contributed by atoms with Gasteiger partial charge >= 0.3 is 0 Å². The van der Waals surface area contributed by atoms with Crippen molar-refractivity contribution in [3.63, 3.8) is 0 Å². The highest BCUT2D eigenvalue weighted by Crippen LogP contribution is 2.25. The third-order valence-corrected chi connectivity index (χ3v) is 3.52. The van der Waals surface area contributed by atoms with E-state index in [4.69, 9.17) is 4.74 Å². The first-order valence-electron chi connectivity index (χ1n) is 6.76. The average Bonchev–Trinajstić information content (AvgIpc) is 2.97. The predicted octanol–water partition coefficient (Wildman–Crippen LogP) is 2.41. The monoisotopic (exact) mass is 278 g/mol. The van der Waals surface area contributed by atoms with E-state index in [2.05, 4.69) is 0 Å². The Bertz CT molecular complexity index is 498. The van der Waals surface area contributed by atoms with Gasteiger partial charge in [-0.05, 0) is 25.8 Å². The third kappa shape index (κ3) is 3.14. The second kappa shape index (κ2) is 6.47. The molecule has 0 radical (unpaired) electrons. The lowest BCUT2D eigenvalue weighted by Crippen LogP contribution is -2.32. The standard InChI is InChI=1S/C14H18N2O4/c1-2-15(9-13-4-3-7-20-13)14-6-5-12(16(18)19)8-11(14)10-17/h5-6,8,10,13H,2-4,7,9H2,1H3. The zero-order chi connectivity index (χ0) is 14.5. The Balaban J connectivity index is 2.23. The zero-order valence-corrected chi connectivity index (χ0v) is 11.4. The van der Waals surface area contributed by atoms with Crippen LogP contribution in [0.25, 0.3) is 0 Å². The SMILES string of the molecule is CCN(CC1CCCO1)c1ccc([N+](=O)[O-])cc1C=O. The van der Waals surface area contributed by atoms with E-state index in [1.165, 1.54) is 12.1 Å². The van der Waals surface area contributed by atoms with Crippen LogP contribution in [0.4, 0.5) is 11.4 Å². The molecule has 0 saturated carbocycles. The molecule has 1 saturated heterocycles. The van der Waals surface area contributed by atoms with Crippen LogP contribution in [-0.4, -0.2) is 37.0 Å². The summed E-state index contributed by atoms with van der Waals surface area (Å²) in [5.41, 5.74) is 1.01. The normalized spacial score (nSPS) is 17.9. The Morgan fingerprint density at radius 1 is 1.55 bits per heavy atom. The van der Waals surface area contributed by atoms with E-state index in [9.17, 15) is 14.9 Å². The third-order valence-electron chi connectivity index (χ3n) is 3.52. The van der Waals surface area contributed by atoms with Gasteiger partial charge in [-0.1, -0.05) is 0 Å². The Hall–Kier alpha value is -1.95. The maximum Gasteiger partial charge on any atom is 0.270 e. The first-order chi connectivity index (χ1) is 9.65. The molecule has 0 aliphatic carbocycles. The van der Waals surface area contributed by atoms with Crippen LogP contribution in [0.1, 0.15) is 30.1 Å². The zero-order valence-electron chi connectivity index (χ0n) is 11.4. The fourth-order valence-corrected chi connectivity index (χ4v) is 2.47. The highest BCUT2D eigenvalue weighted by Gasteiger charge is 2.21. The fourth-order valence-electron chi connectivity index (χ4n) is 2.47. The van der Waals surface area contributed by atoms with Gasteiger partial charge in [0.2, 0.25) is 0 Å². The van der Waals surface area contributed by atoms with Crippen molar-refractivity contribution < 1.29 is 14.5 Å². The fraction of sp³-hybridized carbons (Fsp3) is 0.500. The predicted molar refractivity (Wildman–Crippen MR) is 75.3 cm³/mol. The number of hydrogen-bond acceptors (Lipinski definition) is 5. The van der Waals surface area contributed by atoms with Gasteiger partial charge in [0.1, 0.15) is 0 Å². The Kier molecular flexibility index (Phi) is 4.68. The van der Waals surface area contributed by atoms with Crippen molar-refractivity contribution in [3.05, 3.63) is 33.9 Å². The number of rotatable bonds is 6. The minimum atomic E-state index is -0.493. The molecule has 108 valence electrons. The Morgan fingerprint density at radius 2 is 2.35 bits per heavy atom. The molecule has 1 aliphatic rings. The molecule has 1 aromatic carbocycles.